The van der Waals surface area contributed by atoms with E-state index in [0.29, 0.717) is 6.61 Å². The Morgan fingerprint density at radius 2 is 1.52 bits per heavy atom. The summed E-state index contributed by atoms with van der Waals surface area (Å²) in [5, 5.41) is 21.0. The van der Waals surface area contributed by atoms with E-state index in [4.69, 9.17) is 14.2 Å². The lowest BCUT2D eigenvalue weighted by Crippen LogP contribution is -2.60. The van der Waals surface area contributed by atoms with Gasteiger partial charge in [0.25, 0.3) is 0 Å². The maximum atomic E-state index is 10.6. The van der Waals surface area contributed by atoms with E-state index in [1.165, 1.54) is 11.8 Å². The summed E-state index contributed by atoms with van der Waals surface area (Å²) in [5.41, 5.74) is 0.308. The summed E-state index contributed by atoms with van der Waals surface area (Å²) in [6.07, 6.45) is -3.68. The molecule has 2 N–H and O–H groups in total. The van der Waals surface area contributed by atoms with Crippen LogP contribution in [0, 0.1) is 0 Å². The SMILES string of the molecule is O[C@@H]1[C@@H](O)[C@@H](Sc2ccccc2)O[C@@H]2COC(c3ccccc3)O[C@@H]12. The number of rotatable bonds is 3. The van der Waals surface area contributed by atoms with Crippen LogP contribution in [0.1, 0.15) is 11.9 Å². The summed E-state index contributed by atoms with van der Waals surface area (Å²) >= 11 is 1.39. The van der Waals surface area contributed by atoms with Crippen LogP contribution >= 0.6 is 11.8 Å². The molecule has 2 heterocycles. The van der Waals surface area contributed by atoms with Gasteiger partial charge < -0.3 is 24.4 Å². The van der Waals surface area contributed by atoms with Gasteiger partial charge in [-0.2, -0.15) is 0 Å². The van der Waals surface area contributed by atoms with Crippen LogP contribution in [0.25, 0.3) is 0 Å². The van der Waals surface area contributed by atoms with E-state index in [0.717, 1.165) is 10.5 Å². The predicted octanol–water partition coefficient (Wildman–Crippen LogP) is 2.34. The molecule has 2 fully saturated rings. The average molecular weight is 360 g/mol. The quantitative estimate of drug-likeness (QED) is 0.876. The molecule has 6 atom stereocenters. The second kappa shape index (κ2) is 7.45. The fraction of sp³-hybridized carbons (Fsp3) is 0.368. The van der Waals surface area contributed by atoms with Gasteiger partial charge in [-0.1, -0.05) is 60.3 Å². The maximum Gasteiger partial charge on any atom is 0.184 e. The summed E-state index contributed by atoms with van der Waals surface area (Å²) in [6, 6.07) is 19.2. The molecule has 0 aromatic heterocycles. The molecule has 2 aliphatic rings. The molecule has 0 amide bonds. The van der Waals surface area contributed by atoms with Crippen molar-refractivity contribution in [1.82, 2.24) is 0 Å². The van der Waals surface area contributed by atoms with Crippen molar-refractivity contribution in [3.63, 3.8) is 0 Å². The first-order chi connectivity index (χ1) is 12.2. The van der Waals surface area contributed by atoms with Crippen LogP contribution in [-0.4, -0.2) is 46.7 Å². The first-order valence-electron chi connectivity index (χ1n) is 8.28. The third-order valence-electron chi connectivity index (χ3n) is 4.40. The minimum Gasteiger partial charge on any atom is -0.387 e. The van der Waals surface area contributed by atoms with Crippen molar-refractivity contribution in [3.8, 4) is 0 Å². The van der Waals surface area contributed by atoms with Crippen molar-refractivity contribution in [2.45, 2.75) is 41.0 Å². The number of aliphatic hydroxyl groups excluding tert-OH is 2. The van der Waals surface area contributed by atoms with Gasteiger partial charge in [0.2, 0.25) is 0 Å². The molecule has 25 heavy (non-hydrogen) atoms. The topological polar surface area (TPSA) is 68.2 Å². The second-order valence-electron chi connectivity index (χ2n) is 6.13. The molecule has 2 aliphatic heterocycles. The minimum atomic E-state index is -1.04. The highest BCUT2D eigenvalue weighted by Gasteiger charge is 2.49. The third kappa shape index (κ3) is 3.60. The first-order valence-corrected chi connectivity index (χ1v) is 9.15. The Morgan fingerprint density at radius 1 is 0.840 bits per heavy atom. The van der Waals surface area contributed by atoms with E-state index >= 15 is 0 Å². The zero-order valence-corrected chi connectivity index (χ0v) is 14.3. The van der Waals surface area contributed by atoms with Crippen molar-refractivity contribution in [2.75, 3.05) is 6.61 Å². The van der Waals surface area contributed by atoms with Gasteiger partial charge in [-0.15, -0.1) is 0 Å². The maximum absolute atomic E-state index is 10.6. The van der Waals surface area contributed by atoms with E-state index in [9.17, 15) is 10.2 Å². The average Bonchev–Trinajstić information content (AvgIpc) is 2.67. The van der Waals surface area contributed by atoms with Crippen molar-refractivity contribution in [3.05, 3.63) is 66.2 Å². The highest BCUT2D eigenvalue weighted by atomic mass is 32.2. The Balaban J connectivity index is 1.46. The number of benzene rings is 2. The number of hydrogen-bond acceptors (Lipinski definition) is 6. The molecule has 2 aromatic rings. The van der Waals surface area contributed by atoms with Gasteiger partial charge in [-0.3, -0.25) is 0 Å². The lowest BCUT2D eigenvalue weighted by molar-refractivity contribution is -0.318. The van der Waals surface area contributed by atoms with Crippen LogP contribution in [0.4, 0.5) is 0 Å². The van der Waals surface area contributed by atoms with Crippen LogP contribution in [0.15, 0.2) is 65.6 Å². The Bertz CT molecular complexity index is 681. The summed E-state index contributed by atoms with van der Waals surface area (Å²) < 4.78 is 17.6. The lowest BCUT2D eigenvalue weighted by Gasteiger charge is -2.46. The van der Waals surface area contributed by atoms with E-state index in [-0.39, 0.29) is 0 Å². The lowest BCUT2D eigenvalue weighted by atomic mass is 9.99. The summed E-state index contributed by atoms with van der Waals surface area (Å²) in [5.74, 6) is 0. The number of ether oxygens (including phenoxy) is 3. The number of thioether (sulfide) groups is 1. The van der Waals surface area contributed by atoms with Crippen molar-refractivity contribution in [1.29, 1.82) is 0 Å². The number of hydrogen-bond donors (Lipinski definition) is 2. The van der Waals surface area contributed by atoms with Gasteiger partial charge in [-0.25, -0.2) is 0 Å². The van der Waals surface area contributed by atoms with E-state index in [1.54, 1.807) is 0 Å². The minimum absolute atomic E-state index is 0.305. The van der Waals surface area contributed by atoms with Crippen LogP contribution in [-0.2, 0) is 14.2 Å². The van der Waals surface area contributed by atoms with Gasteiger partial charge in [-0.05, 0) is 12.1 Å². The number of fused-ring (bicyclic) bond motifs is 1. The third-order valence-corrected chi connectivity index (χ3v) is 5.57. The van der Waals surface area contributed by atoms with Crippen LogP contribution in [0.5, 0.6) is 0 Å². The molecular weight excluding hydrogens is 340 g/mol. The molecule has 0 radical (unpaired) electrons. The second-order valence-corrected chi connectivity index (χ2v) is 7.30. The number of aliphatic hydroxyl groups is 2. The Hall–Kier alpha value is -1.41. The molecule has 0 saturated carbocycles. The molecule has 1 unspecified atom stereocenters. The fourth-order valence-corrected chi connectivity index (χ4v) is 4.17. The van der Waals surface area contributed by atoms with Gasteiger partial charge in [0.1, 0.15) is 29.9 Å². The van der Waals surface area contributed by atoms with Gasteiger partial charge in [0, 0.05) is 10.5 Å². The largest absolute Gasteiger partial charge is 0.387 e. The Morgan fingerprint density at radius 3 is 2.24 bits per heavy atom. The van der Waals surface area contributed by atoms with E-state index < -0.39 is 36.1 Å². The van der Waals surface area contributed by atoms with E-state index in [2.05, 4.69) is 0 Å². The Kier molecular flexibility index (Phi) is 5.08. The normalized spacial score (nSPS) is 35.1. The van der Waals surface area contributed by atoms with Gasteiger partial charge in [0.15, 0.2) is 6.29 Å². The highest BCUT2D eigenvalue weighted by Crippen LogP contribution is 2.38. The molecule has 2 saturated heterocycles. The van der Waals surface area contributed by atoms with Crippen molar-refractivity contribution < 1.29 is 24.4 Å². The molecule has 2 aromatic carbocycles. The molecule has 5 nitrogen and oxygen atoms in total. The van der Waals surface area contributed by atoms with Crippen LogP contribution in [0.2, 0.25) is 0 Å². The van der Waals surface area contributed by atoms with Crippen LogP contribution in [0.3, 0.4) is 0 Å². The van der Waals surface area contributed by atoms with Crippen molar-refractivity contribution >= 4 is 11.8 Å². The van der Waals surface area contributed by atoms with Gasteiger partial charge >= 0.3 is 0 Å². The smallest absolute Gasteiger partial charge is 0.184 e. The summed E-state index contributed by atoms with van der Waals surface area (Å²) in [4.78, 5) is 0.969. The fourth-order valence-electron chi connectivity index (χ4n) is 3.09. The molecule has 6 heteroatoms. The van der Waals surface area contributed by atoms with Crippen LogP contribution < -0.4 is 0 Å². The zero-order valence-electron chi connectivity index (χ0n) is 13.5. The molecule has 0 spiro atoms. The highest BCUT2D eigenvalue weighted by molar-refractivity contribution is 7.99. The first kappa shape index (κ1) is 17.0. The zero-order chi connectivity index (χ0) is 17.2. The predicted molar refractivity (Wildman–Crippen MR) is 93.0 cm³/mol. The molecule has 0 aliphatic carbocycles. The summed E-state index contributed by atoms with van der Waals surface area (Å²) in [7, 11) is 0. The molecular formula is C19H20O5S. The van der Waals surface area contributed by atoms with E-state index in [1.807, 2.05) is 60.7 Å². The molecule has 132 valence electrons. The molecule has 4 rings (SSSR count). The Labute approximate surface area is 150 Å². The monoisotopic (exact) mass is 360 g/mol. The van der Waals surface area contributed by atoms with Crippen molar-refractivity contribution in [2.24, 2.45) is 0 Å². The molecule has 0 bridgehead atoms. The standard InChI is InChI=1S/C19H20O5S/c20-15-16(21)19(25-13-9-5-2-6-10-13)23-14-11-22-18(24-17(14)15)12-7-3-1-4-8-12/h1-10,14-21H,11H2/t14-,15-,16-,17-,18?,19-/m1/s1. The van der Waals surface area contributed by atoms with Gasteiger partial charge in [0.05, 0.1) is 6.61 Å². The summed E-state index contributed by atoms with van der Waals surface area (Å²) in [6.45, 7) is 0.305.